The monoisotopic (exact) mass is 518 g/mol. The molecule has 0 aromatic carbocycles. The van der Waals surface area contributed by atoms with Crippen LogP contribution >= 0.6 is 0 Å². The van der Waals surface area contributed by atoms with E-state index in [1.807, 2.05) is 6.20 Å². The van der Waals surface area contributed by atoms with E-state index in [1.54, 1.807) is 0 Å². The number of nitrogens with zero attached hydrogens (tertiary/aromatic N) is 2. The molecule has 4 heteroatoms. The van der Waals surface area contributed by atoms with Crippen LogP contribution in [0.3, 0.4) is 0 Å². The van der Waals surface area contributed by atoms with Gasteiger partial charge in [-0.15, -0.1) is 0 Å². The third-order valence-corrected chi connectivity index (χ3v) is 14.4. The van der Waals surface area contributed by atoms with E-state index in [9.17, 15) is 4.79 Å². The topological polar surface area (TPSA) is 46.3 Å². The van der Waals surface area contributed by atoms with Crippen molar-refractivity contribution in [3.05, 3.63) is 29.2 Å². The molecule has 1 aromatic heterocycles. The van der Waals surface area contributed by atoms with Crippen LogP contribution in [-0.2, 0) is 16.6 Å². The lowest BCUT2D eigenvalue weighted by molar-refractivity contribution is -0.182. The molecule has 5 aliphatic carbocycles. The van der Waals surface area contributed by atoms with Gasteiger partial charge >= 0.3 is 0 Å². The Kier molecular flexibility index (Phi) is 5.28. The van der Waals surface area contributed by atoms with E-state index in [2.05, 4.69) is 64.6 Å². The van der Waals surface area contributed by atoms with Gasteiger partial charge in [0.2, 0.25) is 0 Å². The normalized spacial score (nSPS) is 49.5. The van der Waals surface area contributed by atoms with Crippen molar-refractivity contribution >= 4 is 5.78 Å². The maximum absolute atomic E-state index is 14.7. The third-order valence-electron chi connectivity index (χ3n) is 14.4. The first-order valence-corrected chi connectivity index (χ1v) is 15.8. The highest BCUT2D eigenvalue weighted by Crippen LogP contribution is 2.74. The Morgan fingerprint density at radius 3 is 2.50 bits per heavy atom. The van der Waals surface area contributed by atoms with Gasteiger partial charge in [-0.05, 0) is 116 Å². The maximum Gasteiger partial charge on any atom is 0.159 e. The summed E-state index contributed by atoms with van der Waals surface area (Å²) in [6.07, 6.45) is 14.0. The molecule has 6 aliphatic rings. The molecule has 4 nitrogen and oxygen atoms in total. The average Bonchev–Trinajstić information content (AvgIpc) is 3.30. The highest BCUT2D eigenvalue weighted by Gasteiger charge is 2.70. The molecule has 0 amide bonds. The molecule has 0 spiro atoms. The van der Waals surface area contributed by atoms with Crippen molar-refractivity contribution < 1.29 is 9.32 Å². The van der Waals surface area contributed by atoms with E-state index in [0.29, 0.717) is 34.9 Å². The highest BCUT2D eigenvalue weighted by molar-refractivity contribution is 5.95. The van der Waals surface area contributed by atoms with Crippen molar-refractivity contribution in [3.8, 4) is 0 Å². The Morgan fingerprint density at radius 2 is 1.79 bits per heavy atom. The Balaban J connectivity index is 1.35. The molecule has 208 valence electrons. The number of likely N-dealkylation sites (tertiary alicyclic amines) is 1. The molecule has 0 N–H and O–H groups in total. The second-order valence-electron chi connectivity index (χ2n) is 16.2. The van der Waals surface area contributed by atoms with Crippen LogP contribution in [0.4, 0.5) is 0 Å². The Bertz CT molecular complexity index is 1190. The molecule has 1 aromatic rings. The van der Waals surface area contributed by atoms with Gasteiger partial charge in [-0.2, -0.15) is 0 Å². The highest BCUT2D eigenvalue weighted by atomic mass is 16.5. The summed E-state index contributed by atoms with van der Waals surface area (Å²) in [5.41, 5.74) is 3.02. The molecule has 0 bridgehead atoms. The summed E-state index contributed by atoms with van der Waals surface area (Å²) in [6, 6.07) is 0. The summed E-state index contributed by atoms with van der Waals surface area (Å²) in [7, 11) is 0. The van der Waals surface area contributed by atoms with Crippen LogP contribution in [0.15, 0.2) is 22.4 Å². The van der Waals surface area contributed by atoms with Gasteiger partial charge in [0.1, 0.15) is 5.76 Å². The second-order valence-corrected chi connectivity index (χ2v) is 16.2. The van der Waals surface area contributed by atoms with Crippen LogP contribution < -0.4 is 0 Å². The third kappa shape index (κ3) is 2.97. The minimum Gasteiger partial charge on any atom is -0.361 e. The van der Waals surface area contributed by atoms with Gasteiger partial charge in [-0.25, -0.2) is 0 Å². The molecule has 0 radical (unpaired) electrons. The smallest absolute Gasteiger partial charge is 0.159 e. The summed E-state index contributed by atoms with van der Waals surface area (Å²) >= 11 is 0. The van der Waals surface area contributed by atoms with Crippen molar-refractivity contribution in [2.75, 3.05) is 19.6 Å². The summed E-state index contributed by atoms with van der Waals surface area (Å²) in [6.45, 7) is 21.1. The largest absolute Gasteiger partial charge is 0.361 e. The first-order chi connectivity index (χ1) is 17.9. The molecule has 0 unspecified atom stereocenters. The van der Waals surface area contributed by atoms with E-state index in [-0.39, 0.29) is 27.6 Å². The van der Waals surface area contributed by atoms with Gasteiger partial charge in [0, 0.05) is 23.4 Å². The molecule has 1 saturated heterocycles. The lowest BCUT2D eigenvalue weighted by Gasteiger charge is -2.70. The van der Waals surface area contributed by atoms with Crippen LogP contribution in [0.2, 0.25) is 0 Å². The quantitative estimate of drug-likeness (QED) is 0.414. The van der Waals surface area contributed by atoms with Gasteiger partial charge in [0.05, 0.1) is 6.20 Å². The summed E-state index contributed by atoms with van der Waals surface area (Å²) < 4.78 is 5.85. The summed E-state index contributed by atoms with van der Waals surface area (Å²) in [5, 5.41) is 4.24. The van der Waals surface area contributed by atoms with Gasteiger partial charge in [-0.1, -0.05) is 59.2 Å². The van der Waals surface area contributed by atoms with Crippen molar-refractivity contribution in [2.45, 2.75) is 105 Å². The van der Waals surface area contributed by atoms with Gasteiger partial charge < -0.3 is 9.42 Å². The van der Waals surface area contributed by atoms with Crippen molar-refractivity contribution in [1.82, 2.24) is 10.1 Å². The number of hydrogen-bond donors (Lipinski definition) is 0. The van der Waals surface area contributed by atoms with Gasteiger partial charge in [-0.3, -0.25) is 4.79 Å². The molecule has 9 atom stereocenters. The number of carbonyl (C=O) groups is 1. The van der Waals surface area contributed by atoms with Crippen LogP contribution in [0, 0.1) is 51.2 Å². The average molecular weight is 519 g/mol. The summed E-state index contributed by atoms with van der Waals surface area (Å²) in [4.78, 5) is 17.4. The molecule has 2 heterocycles. The first kappa shape index (κ1) is 25.5. The molecule has 1 aliphatic heterocycles. The molecule has 3 saturated carbocycles. The zero-order valence-corrected chi connectivity index (χ0v) is 25.0. The fourth-order valence-corrected chi connectivity index (χ4v) is 11.9. The predicted octanol–water partition coefficient (Wildman–Crippen LogP) is 7.23. The number of allylic oxidation sites excluding steroid dienone is 2. The van der Waals surface area contributed by atoms with E-state index in [1.165, 1.54) is 75.7 Å². The zero-order chi connectivity index (χ0) is 26.9. The van der Waals surface area contributed by atoms with Crippen molar-refractivity contribution in [2.24, 2.45) is 51.2 Å². The molecule has 4 fully saturated rings. The summed E-state index contributed by atoms with van der Waals surface area (Å²) in [5.74, 6) is 3.99. The number of ketones is 1. The fourth-order valence-electron chi connectivity index (χ4n) is 11.9. The van der Waals surface area contributed by atoms with Crippen LogP contribution in [0.5, 0.6) is 0 Å². The number of rotatable bonds is 2. The first-order valence-electron chi connectivity index (χ1n) is 15.8. The standard InChI is InChI=1S/C34H50N2O2/c1-21-9-12-34(20-36-15-8-16-36)14-13-33(7)28(27(34)22(21)2)24(37)17-26-31(5)18-23-19-35-38-29(23)30(3,4)25(31)10-11-32(26,33)6/h17,19,21-22,25,27-28H,8-16,18,20H2,1-7H3/t21-,22+,25+,27+,28-,31+,32-,33-,34-/m1/s1. The van der Waals surface area contributed by atoms with Crippen LogP contribution in [0.1, 0.15) is 105 Å². The minimum absolute atomic E-state index is 0.0235. The Hall–Kier alpha value is -1.42. The Morgan fingerprint density at radius 1 is 1.03 bits per heavy atom. The minimum atomic E-state index is -0.0753. The SMILES string of the molecule is C[C@@H]1[C@H]2[C@H]3C(=O)C=C4[C@@]5(C)Cc6cnoc6C(C)(C)[C@@H]5CC[C@@]4(C)[C@]3(C)CC[C@@]2(CN2CCC2)CC[C@H]1C. The lowest BCUT2D eigenvalue weighted by Crippen LogP contribution is -2.67. The van der Waals surface area contributed by atoms with Gasteiger partial charge in [0.25, 0.3) is 0 Å². The van der Waals surface area contributed by atoms with Gasteiger partial charge in [0.15, 0.2) is 5.78 Å². The van der Waals surface area contributed by atoms with Crippen LogP contribution in [0.25, 0.3) is 0 Å². The molecule has 7 rings (SSSR count). The van der Waals surface area contributed by atoms with E-state index in [4.69, 9.17) is 4.52 Å². The van der Waals surface area contributed by atoms with Crippen molar-refractivity contribution in [3.63, 3.8) is 0 Å². The van der Waals surface area contributed by atoms with E-state index >= 15 is 0 Å². The number of carbonyl (C=O) groups excluding carboxylic acids is 1. The molecule has 38 heavy (non-hydrogen) atoms. The maximum atomic E-state index is 14.7. The number of fused-ring (bicyclic) bond motifs is 8. The van der Waals surface area contributed by atoms with E-state index < -0.39 is 0 Å². The zero-order valence-electron chi connectivity index (χ0n) is 25.0. The second kappa shape index (κ2) is 7.86. The Labute approximate surface area is 230 Å². The van der Waals surface area contributed by atoms with Crippen molar-refractivity contribution in [1.29, 1.82) is 0 Å². The number of aromatic nitrogens is 1. The predicted molar refractivity (Wildman–Crippen MR) is 151 cm³/mol. The lowest BCUT2D eigenvalue weighted by atomic mass is 9.33. The molecular formula is C34H50N2O2. The molecular weight excluding hydrogens is 468 g/mol. The van der Waals surface area contributed by atoms with E-state index in [0.717, 1.165) is 12.2 Å². The number of hydrogen-bond acceptors (Lipinski definition) is 4. The van der Waals surface area contributed by atoms with Crippen LogP contribution in [-0.4, -0.2) is 35.5 Å². The fraction of sp³-hybridized carbons (Fsp3) is 0.824.